The first-order valence-electron chi connectivity index (χ1n) is 6.89. The highest BCUT2D eigenvalue weighted by Crippen LogP contribution is 2.31. The van der Waals surface area contributed by atoms with Crippen molar-refractivity contribution in [3.05, 3.63) is 29.8 Å². The molecule has 2 rings (SSSR count). The van der Waals surface area contributed by atoms with E-state index in [9.17, 15) is 4.79 Å². The van der Waals surface area contributed by atoms with E-state index in [0.29, 0.717) is 6.42 Å². The van der Waals surface area contributed by atoms with Crippen LogP contribution >= 0.6 is 0 Å². The molecule has 98 valence electrons. The van der Waals surface area contributed by atoms with Gasteiger partial charge in [0, 0.05) is 24.7 Å². The van der Waals surface area contributed by atoms with E-state index in [1.165, 1.54) is 0 Å². The highest BCUT2D eigenvalue weighted by Gasteiger charge is 2.23. The number of anilines is 1. The van der Waals surface area contributed by atoms with Gasteiger partial charge in [0.25, 0.3) is 0 Å². The van der Waals surface area contributed by atoms with Gasteiger partial charge in [-0.05, 0) is 30.9 Å². The molecule has 0 aromatic heterocycles. The van der Waals surface area contributed by atoms with Crippen LogP contribution in [0.3, 0.4) is 0 Å². The summed E-state index contributed by atoms with van der Waals surface area (Å²) in [4.78, 5) is 14.2. The van der Waals surface area contributed by atoms with Gasteiger partial charge in [-0.15, -0.1) is 0 Å². The second-order valence-corrected chi connectivity index (χ2v) is 4.96. The molecule has 0 radical (unpaired) electrons. The van der Waals surface area contributed by atoms with Gasteiger partial charge in [-0.2, -0.15) is 0 Å². The van der Waals surface area contributed by atoms with Crippen LogP contribution in [-0.4, -0.2) is 12.5 Å². The topological polar surface area (TPSA) is 46.3 Å². The molecule has 3 nitrogen and oxygen atoms in total. The summed E-state index contributed by atoms with van der Waals surface area (Å²) in [7, 11) is 0. The van der Waals surface area contributed by atoms with Crippen molar-refractivity contribution in [2.75, 3.05) is 11.4 Å². The molecule has 1 aliphatic heterocycles. The third-order valence-electron chi connectivity index (χ3n) is 3.57. The van der Waals surface area contributed by atoms with E-state index in [-0.39, 0.29) is 11.9 Å². The van der Waals surface area contributed by atoms with Gasteiger partial charge in [-0.3, -0.25) is 4.79 Å². The fraction of sp³-hybridized carbons (Fsp3) is 0.533. The SMILES string of the molecule is CCCCC(=O)N1CCCC(N)c2ccccc21. The van der Waals surface area contributed by atoms with Gasteiger partial charge >= 0.3 is 0 Å². The minimum Gasteiger partial charge on any atom is -0.324 e. The van der Waals surface area contributed by atoms with Crippen molar-refractivity contribution >= 4 is 11.6 Å². The van der Waals surface area contributed by atoms with Crippen molar-refractivity contribution in [1.82, 2.24) is 0 Å². The average molecular weight is 246 g/mol. The number of hydrogen-bond donors (Lipinski definition) is 1. The van der Waals surface area contributed by atoms with Gasteiger partial charge in [0.05, 0.1) is 0 Å². The standard InChI is InChI=1S/C15H22N2O/c1-2-3-10-15(18)17-11-6-8-13(16)12-7-4-5-9-14(12)17/h4-5,7,9,13H,2-3,6,8,10-11,16H2,1H3. The van der Waals surface area contributed by atoms with Crippen LogP contribution in [-0.2, 0) is 4.79 Å². The Bertz CT molecular complexity index is 417. The monoisotopic (exact) mass is 246 g/mol. The number of hydrogen-bond acceptors (Lipinski definition) is 2. The lowest BCUT2D eigenvalue weighted by Gasteiger charge is -2.23. The Labute approximate surface area is 109 Å². The number of fused-ring (bicyclic) bond motifs is 1. The number of carbonyl (C=O) groups is 1. The number of carbonyl (C=O) groups excluding carboxylic acids is 1. The third-order valence-corrected chi connectivity index (χ3v) is 3.57. The predicted molar refractivity (Wildman–Crippen MR) is 74.5 cm³/mol. The minimum absolute atomic E-state index is 0.0603. The number of amides is 1. The second kappa shape index (κ2) is 6.01. The van der Waals surface area contributed by atoms with Gasteiger partial charge in [-0.25, -0.2) is 0 Å². The molecule has 1 aromatic carbocycles. The summed E-state index contributed by atoms with van der Waals surface area (Å²) in [5, 5.41) is 0. The maximum Gasteiger partial charge on any atom is 0.226 e. The Balaban J connectivity index is 2.25. The number of nitrogens with zero attached hydrogens (tertiary/aromatic N) is 1. The van der Waals surface area contributed by atoms with Crippen LogP contribution in [0.15, 0.2) is 24.3 Å². The van der Waals surface area contributed by atoms with Gasteiger partial charge in [0.15, 0.2) is 0 Å². The summed E-state index contributed by atoms with van der Waals surface area (Å²) >= 11 is 0. The number of nitrogens with two attached hydrogens (primary N) is 1. The number of rotatable bonds is 3. The van der Waals surface area contributed by atoms with E-state index in [2.05, 4.69) is 6.92 Å². The first-order chi connectivity index (χ1) is 8.74. The number of unbranched alkanes of at least 4 members (excludes halogenated alkanes) is 1. The van der Waals surface area contributed by atoms with Gasteiger partial charge < -0.3 is 10.6 Å². The van der Waals surface area contributed by atoms with Crippen molar-refractivity contribution in [1.29, 1.82) is 0 Å². The maximum atomic E-state index is 12.3. The summed E-state index contributed by atoms with van der Waals surface area (Å²) in [5.74, 6) is 0.235. The van der Waals surface area contributed by atoms with Crippen LogP contribution in [0.25, 0.3) is 0 Å². The minimum atomic E-state index is 0.0603. The molecule has 1 aliphatic rings. The molecule has 0 spiro atoms. The van der Waals surface area contributed by atoms with Crippen molar-refractivity contribution < 1.29 is 4.79 Å². The first kappa shape index (κ1) is 13.1. The van der Waals surface area contributed by atoms with E-state index >= 15 is 0 Å². The van der Waals surface area contributed by atoms with Crippen LogP contribution in [0, 0.1) is 0 Å². The van der Waals surface area contributed by atoms with E-state index in [4.69, 9.17) is 5.73 Å². The Morgan fingerprint density at radius 1 is 1.44 bits per heavy atom. The lowest BCUT2D eigenvalue weighted by atomic mass is 10.0. The van der Waals surface area contributed by atoms with Crippen LogP contribution in [0.2, 0.25) is 0 Å². The molecular weight excluding hydrogens is 224 g/mol. The van der Waals surface area contributed by atoms with E-state index in [1.54, 1.807) is 0 Å². The van der Waals surface area contributed by atoms with E-state index in [1.807, 2.05) is 29.2 Å². The highest BCUT2D eigenvalue weighted by molar-refractivity contribution is 5.94. The van der Waals surface area contributed by atoms with Crippen molar-refractivity contribution in [3.63, 3.8) is 0 Å². The normalized spacial score (nSPS) is 19.2. The predicted octanol–water partition coefficient (Wildman–Crippen LogP) is 3.00. The molecule has 1 amide bonds. The van der Waals surface area contributed by atoms with E-state index < -0.39 is 0 Å². The smallest absolute Gasteiger partial charge is 0.226 e. The Hall–Kier alpha value is -1.35. The first-order valence-corrected chi connectivity index (χ1v) is 6.89. The molecule has 0 fully saturated rings. The molecule has 0 aliphatic carbocycles. The highest BCUT2D eigenvalue weighted by atomic mass is 16.2. The van der Waals surface area contributed by atoms with Crippen LogP contribution in [0.4, 0.5) is 5.69 Å². The number of benzene rings is 1. The van der Waals surface area contributed by atoms with Crippen LogP contribution in [0.5, 0.6) is 0 Å². The molecule has 1 unspecified atom stereocenters. The molecule has 0 saturated heterocycles. The largest absolute Gasteiger partial charge is 0.324 e. The summed E-state index contributed by atoms with van der Waals surface area (Å²) in [6.45, 7) is 2.91. The summed E-state index contributed by atoms with van der Waals surface area (Å²) in [5.41, 5.74) is 8.30. The Morgan fingerprint density at radius 2 is 2.22 bits per heavy atom. The van der Waals surface area contributed by atoms with Gasteiger partial charge in [0.2, 0.25) is 5.91 Å². The average Bonchev–Trinajstić information content (AvgIpc) is 2.56. The zero-order chi connectivity index (χ0) is 13.0. The molecule has 2 N–H and O–H groups in total. The molecule has 1 heterocycles. The number of para-hydroxylation sites is 1. The third kappa shape index (κ3) is 2.72. The zero-order valence-electron chi connectivity index (χ0n) is 11.1. The fourth-order valence-corrected chi connectivity index (χ4v) is 2.51. The summed E-state index contributed by atoms with van der Waals surface area (Å²) < 4.78 is 0. The second-order valence-electron chi connectivity index (χ2n) is 4.96. The molecule has 3 heteroatoms. The molecule has 0 bridgehead atoms. The molecular formula is C15H22N2O. The molecule has 1 atom stereocenters. The lowest BCUT2D eigenvalue weighted by molar-refractivity contribution is -0.118. The maximum absolute atomic E-state index is 12.3. The van der Waals surface area contributed by atoms with Crippen molar-refractivity contribution in [2.24, 2.45) is 5.73 Å². The summed E-state index contributed by atoms with van der Waals surface area (Å²) in [6.07, 6.45) is 4.59. The van der Waals surface area contributed by atoms with Crippen molar-refractivity contribution in [3.8, 4) is 0 Å². The van der Waals surface area contributed by atoms with E-state index in [0.717, 1.165) is 43.5 Å². The van der Waals surface area contributed by atoms with Crippen molar-refractivity contribution in [2.45, 2.75) is 45.1 Å². The van der Waals surface area contributed by atoms with Gasteiger partial charge in [0.1, 0.15) is 0 Å². The Kier molecular flexibility index (Phi) is 4.37. The Morgan fingerprint density at radius 3 is 3.00 bits per heavy atom. The fourth-order valence-electron chi connectivity index (χ4n) is 2.51. The lowest BCUT2D eigenvalue weighted by Crippen LogP contribution is -2.31. The molecule has 1 aromatic rings. The summed E-state index contributed by atoms with van der Waals surface area (Å²) in [6, 6.07) is 8.11. The zero-order valence-corrected chi connectivity index (χ0v) is 11.1. The van der Waals surface area contributed by atoms with Gasteiger partial charge in [-0.1, -0.05) is 31.5 Å². The van der Waals surface area contributed by atoms with Crippen LogP contribution in [0.1, 0.15) is 50.6 Å². The quantitative estimate of drug-likeness (QED) is 0.891. The van der Waals surface area contributed by atoms with Crippen LogP contribution < -0.4 is 10.6 Å². The molecule has 18 heavy (non-hydrogen) atoms. The molecule has 0 saturated carbocycles.